The van der Waals surface area contributed by atoms with E-state index in [4.69, 9.17) is 9.47 Å². The molecule has 0 saturated carbocycles. The van der Waals surface area contributed by atoms with Gasteiger partial charge in [-0.15, -0.1) is 0 Å². The van der Waals surface area contributed by atoms with E-state index >= 15 is 0 Å². The van der Waals surface area contributed by atoms with E-state index in [2.05, 4.69) is 5.32 Å². The summed E-state index contributed by atoms with van der Waals surface area (Å²) in [6, 6.07) is 11.4. The summed E-state index contributed by atoms with van der Waals surface area (Å²) in [5, 5.41) is 2.81. The standard InChI is InChI=1S/C25H35N3O6S/c1-7-13-26-25(30)19(3)27(16-20-9-8-10-21(15-20)33-4)24(29)17-28(35(6,31)32)22-14-18(2)11-12-23(22)34-5/h8-12,14-15,19H,7,13,16-17H2,1-6H3,(H,26,30)/t19-/m0/s1. The maximum absolute atomic E-state index is 13.6. The van der Waals surface area contributed by atoms with Crippen LogP contribution in [0, 0.1) is 6.92 Å². The molecular formula is C25H35N3O6S. The zero-order chi connectivity index (χ0) is 26.2. The second-order valence-corrected chi connectivity index (χ2v) is 10.2. The first-order valence-electron chi connectivity index (χ1n) is 11.3. The van der Waals surface area contributed by atoms with Crippen molar-refractivity contribution in [2.45, 2.75) is 39.8 Å². The van der Waals surface area contributed by atoms with E-state index in [1.807, 2.05) is 19.9 Å². The van der Waals surface area contributed by atoms with Crippen molar-refractivity contribution in [3.63, 3.8) is 0 Å². The van der Waals surface area contributed by atoms with Crippen molar-refractivity contribution >= 4 is 27.5 Å². The highest BCUT2D eigenvalue weighted by atomic mass is 32.2. The van der Waals surface area contributed by atoms with Gasteiger partial charge in [0.05, 0.1) is 26.2 Å². The molecule has 2 aromatic carbocycles. The molecule has 0 saturated heterocycles. The third-order valence-electron chi connectivity index (χ3n) is 5.49. The van der Waals surface area contributed by atoms with Crippen LogP contribution in [0.5, 0.6) is 11.5 Å². The Labute approximate surface area is 208 Å². The zero-order valence-corrected chi connectivity index (χ0v) is 22.0. The van der Waals surface area contributed by atoms with Crippen LogP contribution in [0.4, 0.5) is 5.69 Å². The number of anilines is 1. The molecular weight excluding hydrogens is 470 g/mol. The first-order chi connectivity index (χ1) is 16.5. The lowest BCUT2D eigenvalue weighted by molar-refractivity contribution is -0.139. The van der Waals surface area contributed by atoms with Gasteiger partial charge in [-0.2, -0.15) is 0 Å². The predicted molar refractivity (Wildman–Crippen MR) is 136 cm³/mol. The Hall–Kier alpha value is -3.27. The number of hydrogen-bond donors (Lipinski definition) is 1. The van der Waals surface area contributed by atoms with Crippen molar-refractivity contribution in [1.82, 2.24) is 10.2 Å². The van der Waals surface area contributed by atoms with Crippen LogP contribution in [0.1, 0.15) is 31.4 Å². The van der Waals surface area contributed by atoms with Crippen LogP contribution >= 0.6 is 0 Å². The molecule has 0 spiro atoms. The fourth-order valence-corrected chi connectivity index (χ4v) is 4.38. The van der Waals surface area contributed by atoms with Gasteiger partial charge in [0, 0.05) is 13.1 Å². The lowest BCUT2D eigenvalue weighted by Gasteiger charge is -2.32. The number of aryl methyl sites for hydroxylation is 1. The van der Waals surface area contributed by atoms with Crippen LogP contribution in [0.3, 0.4) is 0 Å². The third-order valence-corrected chi connectivity index (χ3v) is 6.61. The monoisotopic (exact) mass is 505 g/mol. The molecule has 0 radical (unpaired) electrons. The highest BCUT2D eigenvalue weighted by molar-refractivity contribution is 7.92. The van der Waals surface area contributed by atoms with Crippen molar-refractivity contribution in [3.05, 3.63) is 53.6 Å². The number of hydrogen-bond acceptors (Lipinski definition) is 6. The van der Waals surface area contributed by atoms with E-state index in [0.717, 1.165) is 28.1 Å². The van der Waals surface area contributed by atoms with Gasteiger partial charge < -0.3 is 19.7 Å². The van der Waals surface area contributed by atoms with Crippen molar-refractivity contribution in [2.24, 2.45) is 0 Å². The molecule has 0 aromatic heterocycles. The highest BCUT2D eigenvalue weighted by Gasteiger charge is 2.31. The minimum Gasteiger partial charge on any atom is -0.497 e. The average molecular weight is 506 g/mol. The number of rotatable bonds is 12. The molecule has 192 valence electrons. The molecule has 35 heavy (non-hydrogen) atoms. The molecule has 1 atom stereocenters. The number of carbonyl (C=O) groups is 2. The molecule has 0 aliphatic carbocycles. The normalized spacial score (nSPS) is 11.9. The van der Waals surface area contributed by atoms with Crippen molar-refractivity contribution < 1.29 is 27.5 Å². The van der Waals surface area contributed by atoms with Gasteiger partial charge >= 0.3 is 0 Å². The van der Waals surface area contributed by atoms with Crippen LogP contribution < -0.4 is 19.1 Å². The predicted octanol–water partition coefficient (Wildman–Crippen LogP) is 2.72. The quantitative estimate of drug-likeness (QED) is 0.476. The van der Waals surface area contributed by atoms with Gasteiger partial charge in [-0.25, -0.2) is 8.42 Å². The molecule has 1 N–H and O–H groups in total. The van der Waals surface area contributed by atoms with Gasteiger partial charge in [0.2, 0.25) is 21.8 Å². The first kappa shape index (κ1) is 28.0. The number of ether oxygens (including phenoxy) is 2. The van der Waals surface area contributed by atoms with Gasteiger partial charge in [0.25, 0.3) is 0 Å². The van der Waals surface area contributed by atoms with Crippen LogP contribution in [0.2, 0.25) is 0 Å². The van der Waals surface area contributed by atoms with E-state index in [1.165, 1.54) is 12.0 Å². The van der Waals surface area contributed by atoms with Crippen LogP contribution in [0.25, 0.3) is 0 Å². The molecule has 2 aromatic rings. The summed E-state index contributed by atoms with van der Waals surface area (Å²) in [6.07, 6.45) is 1.78. The zero-order valence-electron chi connectivity index (χ0n) is 21.2. The van der Waals surface area contributed by atoms with Crippen molar-refractivity contribution in [1.29, 1.82) is 0 Å². The van der Waals surface area contributed by atoms with Crippen molar-refractivity contribution in [2.75, 3.05) is 37.9 Å². The molecule has 0 aliphatic rings. The molecule has 0 fully saturated rings. The van der Waals surface area contributed by atoms with E-state index in [1.54, 1.807) is 50.4 Å². The Kier molecular flexibility index (Phi) is 9.94. The lowest BCUT2D eigenvalue weighted by Crippen LogP contribution is -2.51. The SMILES string of the molecule is CCCNC(=O)[C@H](C)N(Cc1cccc(OC)c1)C(=O)CN(c1cc(C)ccc1OC)S(C)(=O)=O. The summed E-state index contributed by atoms with van der Waals surface area (Å²) in [5.41, 5.74) is 1.81. The van der Waals surface area contributed by atoms with Gasteiger partial charge in [-0.1, -0.05) is 25.1 Å². The largest absolute Gasteiger partial charge is 0.497 e. The fraction of sp³-hybridized carbons (Fsp3) is 0.440. The second-order valence-electron chi connectivity index (χ2n) is 8.29. The Morgan fingerprint density at radius 1 is 1.09 bits per heavy atom. The number of nitrogens with zero attached hydrogens (tertiary/aromatic N) is 2. The van der Waals surface area contributed by atoms with Crippen LogP contribution in [0.15, 0.2) is 42.5 Å². The summed E-state index contributed by atoms with van der Waals surface area (Å²) < 4.78 is 37.2. The molecule has 2 amide bonds. The van der Waals surface area contributed by atoms with E-state index in [0.29, 0.717) is 18.0 Å². The number of nitrogens with one attached hydrogen (secondary N) is 1. The number of methoxy groups -OCH3 is 2. The minimum absolute atomic E-state index is 0.0965. The van der Waals surface area contributed by atoms with E-state index in [9.17, 15) is 18.0 Å². The fourth-order valence-electron chi connectivity index (χ4n) is 3.54. The minimum atomic E-state index is -3.85. The van der Waals surface area contributed by atoms with E-state index in [-0.39, 0.29) is 18.1 Å². The lowest BCUT2D eigenvalue weighted by atomic mass is 10.1. The molecule has 0 unspecified atom stereocenters. The number of benzene rings is 2. The summed E-state index contributed by atoms with van der Waals surface area (Å²) in [5.74, 6) is 0.0882. The second kappa shape index (κ2) is 12.4. The maximum Gasteiger partial charge on any atom is 0.244 e. The third kappa shape index (κ3) is 7.61. The molecule has 0 heterocycles. The summed E-state index contributed by atoms with van der Waals surface area (Å²) in [4.78, 5) is 27.8. The number of carbonyl (C=O) groups excluding carboxylic acids is 2. The topological polar surface area (TPSA) is 105 Å². The number of sulfonamides is 1. The summed E-state index contributed by atoms with van der Waals surface area (Å²) >= 11 is 0. The van der Waals surface area contributed by atoms with Crippen LogP contribution in [-0.2, 0) is 26.2 Å². The Morgan fingerprint density at radius 3 is 2.40 bits per heavy atom. The molecule has 9 nitrogen and oxygen atoms in total. The van der Waals surface area contributed by atoms with E-state index < -0.39 is 28.5 Å². The summed E-state index contributed by atoms with van der Waals surface area (Å²) in [7, 11) is -0.874. The molecule has 0 aliphatic heterocycles. The Balaban J connectivity index is 2.46. The van der Waals surface area contributed by atoms with Crippen LogP contribution in [-0.4, -0.2) is 64.7 Å². The average Bonchev–Trinajstić information content (AvgIpc) is 2.83. The molecule has 2 rings (SSSR count). The molecule has 10 heteroatoms. The van der Waals surface area contributed by atoms with Gasteiger partial charge in [-0.3, -0.25) is 13.9 Å². The highest BCUT2D eigenvalue weighted by Crippen LogP contribution is 2.31. The number of amides is 2. The van der Waals surface area contributed by atoms with Gasteiger partial charge in [0.15, 0.2) is 0 Å². The summed E-state index contributed by atoms with van der Waals surface area (Å²) in [6.45, 7) is 5.46. The van der Waals surface area contributed by atoms with Gasteiger partial charge in [0.1, 0.15) is 24.1 Å². The maximum atomic E-state index is 13.6. The first-order valence-corrected chi connectivity index (χ1v) is 13.2. The van der Waals surface area contributed by atoms with Gasteiger partial charge in [-0.05, 0) is 55.7 Å². The Morgan fingerprint density at radius 2 is 1.80 bits per heavy atom. The van der Waals surface area contributed by atoms with Crippen molar-refractivity contribution in [3.8, 4) is 11.5 Å². The molecule has 0 bridgehead atoms. The smallest absolute Gasteiger partial charge is 0.244 e. The Bertz CT molecular complexity index is 1140.